The van der Waals surface area contributed by atoms with E-state index in [1.54, 1.807) is 48.5 Å². The van der Waals surface area contributed by atoms with E-state index in [-0.39, 0.29) is 24.1 Å². The lowest BCUT2D eigenvalue weighted by molar-refractivity contribution is 0.286. The third kappa shape index (κ3) is 3.80. The molecule has 3 rings (SSSR count). The molecule has 3 aromatic rings. The summed E-state index contributed by atoms with van der Waals surface area (Å²) in [5, 5.41) is 13.0. The maximum absolute atomic E-state index is 13.8. The Morgan fingerprint density at radius 3 is 2.54 bits per heavy atom. The molecule has 0 saturated heterocycles. The molecule has 0 spiro atoms. The molecule has 0 fully saturated rings. The largest absolute Gasteiger partial charge is 0.472 e. The van der Waals surface area contributed by atoms with Crippen LogP contribution in [0.1, 0.15) is 11.1 Å². The highest BCUT2D eigenvalue weighted by Crippen LogP contribution is 2.22. The average molecular weight is 351 g/mol. The predicted molar refractivity (Wildman–Crippen MR) is 98.1 cm³/mol. The number of anilines is 1. The number of para-hydroxylation sites is 1. The first-order valence-corrected chi connectivity index (χ1v) is 8.03. The average Bonchev–Trinajstić information content (AvgIpc) is 2.69. The number of rotatable bonds is 5. The quantitative estimate of drug-likeness (QED) is 0.326. The molecule has 0 aliphatic carbocycles. The summed E-state index contributed by atoms with van der Waals surface area (Å²) >= 11 is 0. The summed E-state index contributed by atoms with van der Waals surface area (Å²) in [5.74, 6) is 0.182. The van der Waals surface area contributed by atoms with E-state index < -0.39 is 0 Å². The lowest BCUT2D eigenvalue weighted by Crippen LogP contribution is -2.28. The van der Waals surface area contributed by atoms with Crippen molar-refractivity contribution in [3.8, 4) is 5.88 Å². The Morgan fingerprint density at radius 2 is 1.81 bits per heavy atom. The van der Waals surface area contributed by atoms with Crippen LogP contribution in [0.2, 0.25) is 0 Å². The van der Waals surface area contributed by atoms with Gasteiger partial charge in [0.2, 0.25) is 5.88 Å². The van der Waals surface area contributed by atoms with Gasteiger partial charge in [-0.3, -0.25) is 0 Å². The molecule has 0 bridgehead atoms. The Bertz CT molecular complexity index is 900. The van der Waals surface area contributed by atoms with Crippen molar-refractivity contribution in [3.63, 3.8) is 0 Å². The van der Waals surface area contributed by atoms with E-state index in [1.165, 1.54) is 6.07 Å². The van der Waals surface area contributed by atoms with Gasteiger partial charge < -0.3 is 14.8 Å². The molecule has 0 atom stereocenters. The smallest absolute Gasteiger partial charge is 0.224 e. The van der Waals surface area contributed by atoms with Gasteiger partial charge in [0, 0.05) is 24.5 Å². The maximum atomic E-state index is 13.8. The van der Waals surface area contributed by atoms with Crippen LogP contribution in [0.5, 0.6) is 5.88 Å². The molecule has 5 nitrogen and oxygen atoms in total. The van der Waals surface area contributed by atoms with Gasteiger partial charge >= 0.3 is 0 Å². The number of pyridine rings is 1. The van der Waals surface area contributed by atoms with Crippen LogP contribution in [0.3, 0.4) is 0 Å². The Kier molecular flexibility index (Phi) is 5.43. The van der Waals surface area contributed by atoms with Gasteiger partial charge in [0.25, 0.3) is 0 Å². The highest BCUT2D eigenvalue weighted by Gasteiger charge is 2.18. The minimum absolute atomic E-state index is 0.0183. The van der Waals surface area contributed by atoms with Crippen molar-refractivity contribution in [3.05, 3.63) is 89.9 Å². The molecule has 2 aromatic carbocycles. The van der Waals surface area contributed by atoms with Crippen molar-refractivity contribution in [1.82, 2.24) is 4.98 Å². The lowest BCUT2D eigenvalue weighted by atomic mass is 10.2. The van der Waals surface area contributed by atoms with Crippen LogP contribution in [-0.2, 0) is 6.61 Å². The molecule has 0 radical (unpaired) electrons. The molecular weight excluding hydrogens is 333 g/mol. The first kappa shape index (κ1) is 17.4. The molecule has 1 heterocycles. The van der Waals surface area contributed by atoms with Crippen LogP contribution in [0, 0.1) is 5.82 Å². The Balaban J connectivity index is 1.87. The van der Waals surface area contributed by atoms with E-state index in [4.69, 9.17) is 4.74 Å². The topological polar surface area (TPSA) is 58.0 Å². The molecule has 0 aliphatic heterocycles. The summed E-state index contributed by atoms with van der Waals surface area (Å²) in [5.41, 5.74) is 1.75. The Labute approximate surface area is 151 Å². The van der Waals surface area contributed by atoms with Crippen LogP contribution in [-0.4, -0.2) is 23.1 Å². The van der Waals surface area contributed by atoms with Gasteiger partial charge in [0.05, 0.1) is 5.56 Å². The van der Waals surface area contributed by atoms with E-state index in [0.29, 0.717) is 11.1 Å². The molecule has 0 saturated carbocycles. The number of ether oxygens (including phenoxy) is 1. The Hall–Kier alpha value is -3.41. The number of hydrogen-bond donors (Lipinski definition) is 1. The van der Waals surface area contributed by atoms with Gasteiger partial charge in [-0.1, -0.05) is 41.6 Å². The summed E-state index contributed by atoms with van der Waals surface area (Å²) in [6, 6.07) is 19.3. The van der Waals surface area contributed by atoms with Crippen molar-refractivity contribution in [2.75, 3.05) is 11.9 Å². The fourth-order valence-electron chi connectivity index (χ4n) is 2.51. The van der Waals surface area contributed by atoms with E-state index in [9.17, 15) is 9.60 Å². The number of benzene rings is 2. The van der Waals surface area contributed by atoms with Crippen molar-refractivity contribution >= 4 is 11.5 Å². The van der Waals surface area contributed by atoms with Crippen LogP contribution in [0.25, 0.3) is 0 Å². The maximum Gasteiger partial charge on any atom is 0.224 e. The SMILES string of the molecule is CN(/C(=N\O)c1cccnc1OCc1ccccc1F)c1ccccc1. The third-order valence-electron chi connectivity index (χ3n) is 3.89. The van der Waals surface area contributed by atoms with Crippen LogP contribution < -0.4 is 9.64 Å². The van der Waals surface area contributed by atoms with Gasteiger partial charge in [-0.25, -0.2) is 9.37 Å². The number of aromatic nitrogens is 1. The van der Waals surface area contributed by atoms with E-state index in [2.05, 4.69) is 10.1 Å². The first-order valence-electron chi connectivity index (χ1n) is 8.03. The molecule has 132 valence electrons. The molecule has 6 heteroatoms. The molecule has 0 amide bonds. The minimum Gasteiger partial charge on any atom is -0.472 e. The van der Waals surface area contributed by atoms with E-state index in [1.807, 2.05) is 30.3 Å². The zero-order valence-electron chi connectivity index (χ0n) is 14.2. The fourth-order valence-corrected chi connectivity index (χ4v) is 2.51. The fraction of sp³-hybridized carbons (Fsp3) is 0.100. The van der Waals surface area contributed by atoms with Crippen LogP contribution in [0.15, 0.2) is 78.1 Å². The number of amidine groups is 1. The lowest BCUT2D eigenvalue weighted by Gasteiger charge is -2.21. The second-order valence-corrected chi connectivity index (χ2v) is 5.55. The second-order valence-electron chi connectivity index (χ2n) is 5.55. The summed E-state index contributed by atoms with van der Waals surface area (Å²) in [6.07, 6.45) is 1.57. The summed E-state index contributed by atoms with van der Waals surface area (Å²) in [6.45, 7) is 0.0183. The van der Waals surface area contributed by atoms with Crippen LogP contribution >= 0.6 is 0 Å². The van der Waals surface area contributed by atoms with Gasteiger partial charge in [0.15, 0.2) is 5.84 Å². The normalized spacial score (nSPS) is 11.2. The molecular formula is C20H18FN3O2. The summed E-state index contributed by atoms with van der Waals surface area (Å²) in [7, 11) is 1.78. The minimum atomic E-state index is -0.345. The number of hydrogen-bond acceptors (Lipinski definition) is 4. The third-order valence-corrected chi connectivity index (χ3v) is 3.89. The zero-order valence-corrected chi connectivity index (χ0v) is 14.2. The Morgan fingerprint density at radius 1 is 1.08 bits per heavy atom. The van der Waals surface area contributed by atoms with Gasteiger partial charge in [-0.05, 0) is 30.3 Å². The van der Waals surface area contributed by atoms with Crippen molar-refractivity contribution < 1.29 is 14.3 Å². The van der Waals surface area contributed by atoms with Crippen LogP contribution in [0.4, 0.5) is 10.1 Å². The highest BCUT2D eigenvalue weighted by atomic mass is 19.1. The molecule has 1 aromatic heterocycles. The van der Waals surface area contributed by atoms with E-state index in [0.717, 1.165) is 5.69 Å². The van der Waals surface area contributed by atoms with Gasteiger partial charge in [-0.15, -0.1) is 0 Å². The second kappa shape index (κ2) is 8.11. The van der Waals surface area contributed by atoms with Crippen molar-refractivity contribution in [2.45, 2.75) is 6.61 Å². The first-order chi connectivity index (χ1) is 12.7. The predicted octanol–water partition coefficient (Wildman–Crippen LogP) is 4.07. The molecule has 26 heavy (non-hydrogen) atoms. The number of nitrogens with zero attached hydrogens (tertiary/aromatic N) is 3. The monoisotopic (exact) mass is 351 g/mol. The van der Waals surface area contributed by atoms with Gasteiger partial charge in [0.1, 0.15) is 12.4 Å². The number of halogens is 1. The summed E-state index contributed by atoms with van der Waals surface area (Å²) < 4.78 is 19.5. The number of oxime groups is 1. The summed E-state index contributed by atoms with van der Waals surface area (Å²) in [4.78, 5) is 5.92. The molecule has 0 unspecified atom stereocenters. The highest BCUT2D eigenvalue weighted by molar-refractivity contribution is 6.10. The molecule has 0 aliphatic rings. The van der Waals surface area contributed by atoms with Gasteiger partial charge in [-0.2, -0.15) is 0 Å². The molecule has 1 N–H and O–H groups in total. The van der Waals surface area contributed by atoms with E-state index >= 15 is 0 Å². The standard InChI is InChI=1S/C20H18FN3O2/c1-24(16-9-3-2-4-10-16)19(23-25)17-11-7-13-22-20(17)26-14-15-8-5-6-12-18(15)21/h2-13,25H,14H2,1H3/b23-19-. The van der Waals surface area contributed by atoms with Crippen molar-refractivity contribution in [2.24, 2.45) is 5.16 Å². The van der Waals surface area contributed by atoms with Crippen molar-refractivity contribution in [1.29, 1.82) is 0 Å². The zero-order chi connectivity index (χ0) is 18.4.